The fourth-order valence-corrected chi connectivity index (χ4v) is 7.37. The molecule has 0 unspecified atom stereocenters. The summed E-state index contributed by atoms with van der Waals surface area (Å²) in [4.78, 5) is 56.1. The van der Waals surface area contributed by atoms with Crippen LogP contribution in [0.1, 0.15) is 0 Å². The van der Waals surface area contributed by atoms with Crippen molar-refractivity contribution in [3.05, 3.63) is 60.7 Å². The summed E-state index contributed by atoms with van der Waals surface area (Å²) in [6.07, 6.45) is 3.91. The standard InChI is InChI=1S/C26H20N2O6/c29-13-5-1-3-11(9-13)27-23(31)19-15-7-8-16(20(19)24(27)32)18-17(15)21-22(18)26(34)28(25(21)33)12-4-2-6-14(30)10-12/h1-10,15-22,29-30H/t15-,16+,17-,18-,19+,20-,21-,22-/m0/s1. The molecular weight excluding hydrogens is 436 g/mol. The maximum absolute atomic E-state index is 13.5. The number of hydrogen-bond donors (Lipinski definition) is 2. The van der Waals surface area contributed by atoms with Gasteiger partial charge in [-0.2, -0.15) is 0 Å². The molecule has 6 aliphatic rings. The summed E-state index contributed by atoms with van der Waals surface area (Å²) in [5.41, 5.74) is 0.669. The molecule has 2 aromatic rings. The van der Waals surface area contributed by atoms with Crippen molar-refractivity contribution in [1.82, 2.24) is 0 Å². The lowest BCUT2D eigenvalue weighted by Gasteiger charge is -2.60. The lowest BCUT2D eigenvalue weighted by molar-refractivity contribution is -0.166. The number of carbonyl (C=O) groups is 4. The van der Waals surface area contributed by atoms with Crippen LogP contribution in [0.3, 0.4) is 0 Å². The molecule has 34 heavy (non-hydrogen) atoms. The van der Waals surface area contributed by atoms with E-state index in [4.69, 9.17) is 0 Å². The van der Waals surface area contributed by atoms with E-state index in [0.717, 1.165) is 9.80 Å². The fraction of sp³-hybridized carbons (Fsp3) is 0.308. The molecule has 2 bridgehead atoms. The Morgan fingerprint density at radius 3 is 1.32 bits per heavy atom. The molecule has 8 rings (SSSR count). The van der Waals surface area contributed by atoms with Crippen LogP contribution < -0.4 is 9.80 Å². The Morgan fingerprint density at radius 1 is 0.559 bits per heavy atom. The smallest absolute Gasteiger partial charge is 0.238 e. The van der Waals surface area contributed by atoms with E-state index >= 15 is 0 Å². The number of amides is 4. The second-order valence-electron chi connectivity index (χ2n) is 9.86. The predicted molar refractivity (Wildman–Crippen MR) is 118 cm³/mol. The van der Waals surface area contributed by atoms with E-state index in [1.165, 1.54) is 24.3 Å². The third-order valence-corrected chi connectivity index (χ3v) is 8.52. The SMILES string of the molecule is O=C1[C@@H]2[C@H]3C=C[C@@H]([C@@H]2C(=O)N1c1cccc(O)c1)[C@@H]1[C@@H]2C(=O)N(c4cccc(O)c4)C(=O)[C@H]2[C@@H]31. The number of anilines is 2. The van der Waals surface area contributed by atoms with Gasteiger partial charge in [0.25, 0.3) is 0 Å². The van der Waals surface area contributed by atoms with Crippen LogP contribution in [0, 0.1) is 47.3 Å². The van der Waals surface area contributed by atoms with Gasteiger partial charge < -0.3 is 10.2 Å². The molecule has 4 aliphatic carbocycles. The van der Waals surface area contributed by atoms with Crippen LogP contribution in [0.15, 0.2) is 60.7 Å². The maximum Gasteiger partial charge on any atom is 0.238 e. The lowest BCUT2D eigenvalue weighted by atomic mass is 9.40. The van der Waals surface area contributed by atoms with Gasteiger partial charge in [-0.25, -0.2) is 9.80 Å². The second-order valence-corrected chi connectivity index (χ2v) is 9.86. The summed E-state index contributed by atoms with van der Waals surface area (Å²) in [6, 6.07) is 12.1. The van der Waals surface area contributed by atoms with Crippen LogP contribution >= 0.6 is 0 Å². The highest BCUT2D eigenvalue weighted by Crippen LogP contribution is 2.68. The van der Waals surface area contributed by atoms with E-state index in [2.05, 4.69) is 0 Å². The number of phenols is 2. The molecule has 2 aromatic carbocycles. The van der Waals surface area contributed by atoms with Gasteiger partial charge in [0.15, 0.2) is 0 Å². The maximum atomic E-state index is 13.5. The summed E-state index contributed by atoms with van der Waals surface area (Å²) < 4.78 is 0. The Labute approximate surface area is 194 Å². The third kappa shape index (κ3) is 2.18. The van der Waals surface area contributed by atoms with Crippen molar-refractivity contribution in [2.45, 2.75) is 0 Å². The van der Waals surface area contributed by atoms with Crippen molar-refractivity contribution < 1.29 is 29.4 Å². The van der Waals surface area contributed by atoms with Crippen LogP contribution in [0.5, 0.6) is 11.5 Å². The summed E-state index contributed by atoms with van der Waals surface area (Å²) in [6.45, 7) is 0. The van der Waals surface area contributed by atoms with Gasteiger partial charge in [-0.05, 0) is 47.9 Å². The van der Waals surface area contributed by atoms with Crippen molar-refractivity contribution in [3.63, 3.8) is 0 Å². The number of phenolic OH excluding ortho intramolecular Hbond substituents is 2. The first kappa shape index (κ1) is 19.5. The van der Waals surface area contributed by atoms with Gasteiger partial charge >= 0.3 is 0 Å². The van der Waals surface area contributed by atoms with Gasteiger partial charge in [-0.15, -0.1) is 0 Å². The minimum absolute atomic E-state index is 0.0331. The molecule has 2 aliphatic heterocycles. The number of benzene rings is 2. The molecule has 170 valence electrons. The first-order valence-corrected chi connectivity index (χ1v) is 11.4. The predicted octanol–water partition coefficient (Wildman–Crippen LogP) is 2.07. The summed E-state index contributed by atoms with van der Waals surface area (Å²) in [5, 5.41) is 19.7. The van der Waals surface area contributed by atoms with Crippen molar-refractivity contribution >= 4 is 35.0 Å². The normalized spacial score (nSPS) is 37.1. The first-order chi connectivity index (χ1) is 16.4. The van der Waals surface area contributed by atoms with Crippen molar-refractivity contribution in [1.29, 1.82) is 0 Å². The van der Waals surface area contributed by atoms with Gasteiger partial charge in [0.05, 0.1) is 35.0 Å². The van der Waals surface area contributed by atoms with Gasteiger partial charge in [0.1, 0.15) is 11.5 Å². The van der Waals surface area contributed by atoms with Crippen LogP contribution in [0.25, 0.3) is 0 Å². The molecule has 8 heteroatoms. The minimum Gasteiger partial charge on any atom is -0.508 e. The van der Waals surface area contributed by atoms with Crippen LogP contribution in [-0.4, -0.2) is 33.8 Å². The topological polar surface area (TPSA) is 115 Å². The molecular formula is C26H20N2O6. The lowest BCUT2D eigenvalue weighted by Crippen LogP contribution is -2.63. The Bertz CT molecular complexity index is 1290. The average molecular weight is 456 g/mol. The monoisotopic (exact) mass is 456 g/mol. The van der Waals surface area contributed by atoms with E-state index in [9.17, 15) is 29.4 Å². The zero-order valence-electron chi connectivity index (χ0n) is 17.8. The Balaban J connectivity index is 1.26. The van der Waals surface area contributed by atoms with Crippen molar-refractivity contribution in [2.24, 2.45) is 47.3 Å². The number of imide groups is 2. The highest BCUT2D eigenvalue weighted by Gasteiger charge is 2.75. The van der Waals surface area contributed by atoms with Crippen LogP contribution in [-0.2, 0) is 19.2 Å². The second kappa shape index (κ2) is 6.34. The molecule has 2 N–H and O–H groups in total. The summed E-state index contributed by atoms with van der Waals surface area (Å²) in [5.74, 6) is -4.50. The number of fused-ring (bicyclic) bond motifs is 1. The zero-order chi connectivity index (χ0) is 23.5. The number of hydrogen-bond acceptors (Lipinski definition) is 6. The molecule has 8 atom stereocenters. The quantitative estimate of drug-likeness (QED) is 0.528. The number of rotatable bonds is 2. The van der Waals surface area contributed by atoms with Crippen LogP contribution in [0.2, 0.25) is 0 Å². The first-order valence-electron chi connectivity index (χ1n) is 11.4. The van der Waals surface area contributed by atoms with Gasteiger partial charge in [0, 0.05) is 12.1 Å². The van der Waals surface area contributed by atoms with Gasteiger partial charge in [-0.3, -0.25) is 19.2 Å². The number of nitrogens with zero attached hydrogens (tertiary/aromatic N) is 2. The summed E-state index contributed by atoms with van der Waals surface area (Å²) >= 11 is 0. The van der Waals surface area contributed by atoms with E-state index in [-0.39, 0.29) is 58.8 Å². The molecule has 2 heterocycles. The Hall–Kier alpha value is -3.94. The van der Waals surface area contributed by atoms with Crippen molar-refractivity contribution in [2.75, 3.05) is 9.80 Å². The highest BCUT2D eigenvalue weighted by molar-refractivity contribution is 6.25. The molecule has 4 amide bonds. The average Bonchev–Trinajstić information content (AvgIpc) is 3.17. The van der Waals surface area contributed by atoms with Crippen molar-refractivity contribution in [3.8, 4) is 11.5 Å². The van der Waals surface area contributed by atoms with Gasteiger partial charge in [-0.1, -0.05) is 24.3 Å². The Morgan fingerprint density at radius 2 is 0.941 bits per heavy atom. The van der Waals surface area contributed by atoms with E-state index in [1.807, 2.05) is 12.2 Å². The number of allylic oxidation sites excluding steroid dienone is 2. The molecule has 0 spiro atoms. The zero-order valence-corrected chi connectivity index (χ0v) is 17.8. The molecule has 8 nitrogen and oxygen atoms in total. The van der Waals surface area contributed by atoms with Crippen LogP contribution in [0.4, 0.5) is 11.4 Å². The van der Waals surface area contributed by atoms with E-state index in [0.29, 0.717) is 11.4 Å². The van der Waals surface area contributed by atoms with E-state index < -0.39 is 23.7 Å². The Kier molecular flexibility index (Phi) is 3.64. The molecule has 0 aromatic heterocycles. The third-order valence-electron chi connectivity index (χ3n) is 8.52. The number of carbonyl (C=O) groups excluding carboxylic acids is 4. The summed E-state index contributed by atoms with van der Waals surface area (Å²) in [7, 11) is 0. The highest BCUT2D eigenvalue weighted by atomic mass is 16.3. The molecule has 2 saturated heterocycles. The fourth-order valence-electron chi connectivity index (χ4n) is 7.37. The van der Waals surface area contributed by atoms with E-state index in [1.54, 1.807) is 24.3 Å². The minimum atomic E-state index is -0.579. The number of aromatic hydroxyl groups is 2. The van der Waals surface area contributed by atoms with Gasteiger partial charge in [0.2, 0.25) is 23.6 Å². The molecule has 4 fully saturated rings. The molecule has 0 radical (unpaired) electrons. The molecule has 2 saturated carbocycles. The largest absolute Gasteiger partial charge is 0.508 e.